The Labute approximate surface area is 310 Å². The topological polar surface area (TPSA) is 150 Å². The highest BCUT2D eigenvalue weighted by atomic mass is 31.2. The maximum atomic E-state index is 12.8. The van der Waals surface area contributed by atoms with Crippen LogP contribution >= 0.6 is 15.4 Å². The van der Waals surface area contributed by atoms with Gasteiger partial charge in [-0.1, -0.05) is 135 Å². The fraction of sp³-hybridized carbons (Fsp3) is 0.415. The number of rotatable bonds is 14. The fourth-order valence-electron chi connectivity index (χ4n) is 6.13. The zero-order valence-electron chi connectivity index (χ0n) is 32.3. The van der Waals surface area contributed by atoms with Crippen molar-refractivity contribution in [3.63, 3.8) is 0 Å². The Morgan fingerprint density at radius 1 is 0.654 bits per heavy atom. The van der Waals surface area contributed by atoms with Gasteiger partial charge in [0.05, 0.1) is 0 Å². The molecule has 0 fully saturated rings. The van der Waals surface area contributed by atoms with Gasteiger partial charge in [0.1, 0.15) is 19.8 Å². The van der Waals surface area contributed by atoms with Crippen LogP contribution in [0.15, 0.2) is 130 Å². The Morgan fingerprint density at radius 3 is 1.33 bits per heavy atom. The lowest BCUT2D eigenvalue weighted by atomic mass is 9.71. The van der Waals surface area contributed by atoms with Crippen LogP contribution in [0.3, 0.4) is 0 Å². The molecule has 2 rings (SSSR count). The van der Waals surface area contributed by atoms with E-state index in [2.05, 4.69) is 0 Å². The molecular weight excluding hydrogens is 698 g/mol. The van der Waals surface area contributed by atoms with Crippen molar-refractivity contribution in [3.05, 3.63) is 130 Å². The summed E-state index contributed by atoms with van der Waals surface area (Å²) in [6.07, 6.45) is 25.8. The second-order valence-electron chi connectivity index (χ2n) is 14.8. The molecule has 284 valence electrons. The zero-order chi connectivity index (χ0) is 39.7. The van der Waals surface area contributed by atoms with E-state index < -0.39 is 44.2 Å². The molecule has 11 heteroatoms. The third-order valence-corrected chi connectivity index (χ3v) is 10.0. The van der Waals surface area contributed by atoms with Gasteiger partial charge in [-0.2, -0.15) is 0 Å². The van der Waals surface area contributed by atoms with Crippen molar-refractivity contribution < 1.29 is 42.4 Å². The van der Waals surface area contributed by atoms with Gasteiger partial charge < -0.3 is 23.8 Å². The molecule has 2 aliphatic carbocycles. The monoisotopic (exact) mass is 753 g/mol. The summed E-state index contributed by atoms with van der Waals surface area (Å²) in [5.41, 5.74) is 5.78. The lowest BCUT2D eigenvalue weighted by Gasteiger charge is -2.38. The highest BCUT2D eigenvalue weighted by Crippen LogP contribution is 2.47. The van der Waals surface area contributed by atoms with E-state index in [0.717, 1.165) is 40.1 Å². The maximum Gasteiger partial charge on any atom is 0.470 e. The molecule has 9 nitrogen and oxygen atoms in total. The van der Waals surface area contributed by atoms with Crippen LogP contribution < -0.4 is 4.89 Å². The smallest absolute Gasteiger partial charge is 0.470 e. The Balaban J connectivity index is 1.99. The number of ketones is 2. The number of allylic oxidation sites excluding steroid dienone is 20. The summed E-state index contributed by atoms with van der Waals surface area (Å²) in [6, 6.07) is 0. The minimum absolute atomic E-state index is 0.174. The first-order chi connectivity index (χ1) is 23.8. The molecule has 0 heterocycles. The van der Waals surface area contributed by atoms with Gasteiger partial charge in [-0.3, -0.25) is 14.1 Å². The van der Waals surface area contributed by atoms with Crippen LogP contribution in [-0.4, -0.2) is 40.2 Å². The van der Waals surface area contributed by atoms with E-state index in [9.17, 15) is 33.4 Å². The molecule has 0 spiro atoms. The SMILES string of the molecule is CC1=C(/C=C/C(C)=C/C=C/C(C)=C/C=C/C=C(C)/C=C/C=C(C)/C=C/C2=C(C)C(=O)C(OP(=O)(O)O)CC2(C)C)C(C)(C)CC(OP(C)(=O)[O-])C1=O. The van der Waals surface area contributed by atoms with E-state index in [0.29, 0.717) is 11.1 Å². The average Bonchev–Trinajstić information content (AvgIpc) is 2.98. The number of Topliss-reactive ketones (excluding diaryl/α,β-unsaturated/α-hetero) is 2. The van der Waals surface area contributed by atoms with Crippen LogP contribution in [0.5, 0.6) is 0 Å². The Kier molecular flexibility index (Phi) is 16.1. The van der Waals surface area contributed by atoms with Crippen LogP contribution in [0.4, 0.5) is 0 Å². The van der Waals surface area contributed by atoms with E-state index in [1.165, 1.54) is 0 Å². The van der Waals surface area contributed by atoms with Crippen molar-refractivity contribution in [2.45, 2.75) is 94.3 Å². The molecule has 2 aliphatic rings. The molecule has 0 radical (unpaired) electrons. The summed E-state index contributed by atoms with van der Waals surface area (Å²) in [7, 11) is -8.81. The lowest BCUT2D eigenvalue weighted by Crippen LogP contribution is -2.37. The van der Waals surface area contributed by atoms with Crippen LogP contribution in [0, 0.1) is 10.8 Å². The first kappa shape index (κ1) is 44.9. The molecule has 0 saturated carbocycles. The predicted molar refractivity (Wildman–Crippen MR) is 208 cm³/mol. The minimum Gasteiger partial charge on any atom is -0.779 e. The van der Waals surface area contributed by atoms with E-state index in [1.807, 2.05) is 140 Å². The summed E-state index contributed by atoms with van der Waals surface area (Å²) in [4.78, 5) is 55.5. The van der Waals surface area contributed by atoms with Crippen molar-refractivity contribution >= 4 is 27.0 Å². The molecule has 3 atom stereocenters. The number of hydrogen-bond donors (Lipinski definition) is 2. The standard InChI is InChI=1S/C41H56O9P2/c1-28(18-14-20-30(3)22-24-34-32(5)38(42)36(26-40(34,7)8)49-51(11,44)45)16-12-13-17-29(2)19-15-21-31(4)23-25-35-33(6)39(43)37(27-41(35,9)10)50-52(46,47)48/h12-25,36-37H,26-27H2,1-11H3,(H,44,45)(H2,46,47,48)/p-1/b13-12+,18-14+,19-15+,24-22+,25-23+,28-16+,29-17+,30-20+,31-21+. The Bertz CT molecular complexity index is 1690. The van der Waals surface area contributed by atoms with Gasteiger partial charge in [-0.25, -0.2) is 4.57 Å². The van der Waals surface area contributed by atoms with Gasteiger partial charge in [-0.15, -0.1) is 0 Å². The van der Waals surface area contributed by atoms with Crippen LogP contribution in [0.2, 0.25) is 0 Å². The number of hydrogen-bond acceptors (Lipinski definition) is 7. The van der Waals surface area contributed by atoms with E-state index in [-0.39, 0.29) is 18.6 Å². The summed E-state index contributed by atoms with van der Waals surface area (Å²) >= 11 is 0. The second kappa shape index (κ2) is 18.7. The number of phosphoric ester groups is 1. The van der Waals surface area contributed by atoms with E-state index in [1.54, 1.807) is 13.8 Å². The Hall–Kier alpha value is -3.26. The van der Waals surface area contributed by atoms with Crippen molar-refractivity contribution in [2.75, 3.05) is 6.66 Å². The van der Waals surface area contributed by atoms with Gasteiger partial charge in [0.25, 0.3) is 0 Å². The van der Waals surface area contributed by atoms with Gasteiger partial charge in [-0.05, 0) is 87.5 Å². The zero-order valence-corrected chi connectivity index (χ0v) is 34.1. The van der Waals surface area contributed by atoms with E-state index >= 15 is 0 Å². The fourth-order valence-corrected chi connectivity index (χ4v) is 7.27. The largest absolute Gasteiger partial charge is 0.779 e. The van der Waals surface area contributed by atoms with Gasteiger partial charge in [0.15, 0.2) is 11.6 Å². The van der Waals surface area contributed by atoms with Gasteiger partial charge in [0.2, 0.25) is 0 Å². The molecule has 0 aliphatic heterocycles. The minimum atomic E-state index is -4.78. The van der Waals surface area contributed by atoms with Crippen molar-refractivity contribution in [3.8, 4) is 0 Å². The highest BCUT2D eigenvalue weighted by Gasteiger charge is 2.41. The number of phosphoric acid groups is 1. The second-order valence-corrected chi connectivity index (χ2v) is 17.8. The third kappa shape index (κ3) is 14.6. The summed E-state index contributed by atoms with van der Waals surface area (Å²) < 4.78 is 32.8. The molecule has 0 aromatic heterocycles. The van der Waals surface area contributed by atoms with Crippen LogP contribution in [-0.2, 0) is 27.8 Å². The maximum absolute atomic E-state index is 12.8. The Morgan fingerprint density at radius 2 is 0.981 bits per heavy atom. The first-order valence-corrected chi connectivity index (χ1v) is 20.6. The molecule has 0 saturated heterocycles. The molecule has 0 aromatic rings. The molecule has 3 unspecified atom stereocenters. The number of carbonyl (C=O) groups is 2. The summed E-state index contributed by atoms with van der Waals surface area (Å²) in [5, 5.41) is 0. The molecule has 52 heavy (non-hydrogen) atoms. The average molecular weight is 754 g/mol. The molecule has 2 N–H and O–H groups in total. The number of carbonyl (C=O) groups excluding carboxylic acids is 2. The molecule has 0 bridgehead atoms. The van der Waals surface area contributed by atoms with Gasteiger partial charge in [0, 0.05) is 6.66 Å². The highest BCUT2D eigenvalue weighted by molar-refractivity contribution is 7.50. The summed E-state index contributed by atoms with van der Waals surface area (Å²) in [5.74, 6) is -0.709. The molecule has 0 aromatic carbocycles. The lowest BCUT2D eigenvalue weighted by molar-refractivity contribution is -0.201. The molecular formula is C41H55O9P2-. The van der Waals surface area contributed by atoms with Gasteiger partial charge >= 0.3 is 7.82 Å². The van der Waals surface area contributed by atoms with Crippen molar-refractivity contribution in [1.82, 2.24) is 0 Å². The quantitative estimate of drug-likeness (QED) is 0.131. The summed E-state index contributed by atoms with van der Waals surface area (Å²) in [6.45, 7) is 20.1. The predicted octanol–water partition coefficient (Wildman–Crippen LogP) is 9.23. The van der Waals surface area contributed by atoms with E-state index in [4.69, 9.17) is 9.05 Å². The van der Waals surface area contributed by atoms with Crippen molar-refractivity contribution in [1.29, 1.82) is 0 Å². The first-order valence-electron chi connectivity index (χ1n) is 17.1. The third-order valence-electron chi connectivity index (χ3n) is 8.86. The normalized spacial score (nSPS) is 24.2. The van der Waals surface area contributed by atoms with Crippen LogP contribution in [0.1, 0.15) is 82.1 Å². The van der Waals surface area contributed by atoms with Crippen molar-refractivity contribution in [2.24, 2.45) is 10.8 Å². The van der Waals surface area contributed by atoms with Crippen LogP contribution in [0.25, 0.3) is 0 Å². The molecule has 0 amide bonds.